The highest BCUT2D eigenvalue weighted by molar-refractivity contribution is 4.83. The van der Waals surface area contributed by atoms with Crippen molar-refractivity contribution in [2.75, 3.05) is 13.6 Å². The molecule has 1 aliphatic carbocycles. The first kappa shape index (κ1) is 19.0. The fourth-order valence-corrected chi connectivity index (χ4v) is 4.00. The summed E-state index contributed by atoms with van der Waals surface area (Å²) in [5.41, 5.74) is 6.06. The van der Waals surface area contributed by atoms with Crippen LogP contribution in [0.25, 0.3) is 0 Å². The van der Waals surface area contributed by atoms with Gasteiger partial charge in [0.1, 0.15) is 0 Å². The molecule has 3 atom stereocenters. The lowest BCUT2D eigenvalue weighted by Crippen LogP contribution is -2.48. The third-order valence-corrected chi connectivity index (χ3v) is 5.58. The molecule has 0 aromatic rings. The molecule has 1 aliphatic rings. The highest BCUT2D eigenvalue weighted by Gasteiger charge is 2.28. The van der Waals surface area contributed by atoms with E-state index in [1.165, 1.54) is 77.0 Å². The molecule has 0 aromatic carbocycles. The van der Waals surface area contributed by atoms with Crippen LogP contribution in [0.4, 0.5) is 0 Å². The van der Waals surface area contributed by atoms with Gasteiger partial charge in [-0.25, -0.2) is 0 Å². The molecule has 0 bridgehead atoms. The predicted octanol–water partition coefficient (Wildman–Crippen LogP) is 4.96. The summed E-state index contributed by atoms with van der Waals surface area (Å²) in [6.07, 6.45) is 16.7. The first-order valence-electron chi connectivity index (χ1n) is 9.62. The number of nitrogens with zero attached hydrogens (tertiary/aromatic N) is 1. The Kier molecular flexibility index (Phi) is 10.4. The van der Waals surface area contributed by atoms with Crippen molar-refractivity contribution in [1.29, 1.82) is 0 Å². The van der Waals surface area contributed by atoms with Crippen molar-refractivity contribution < 1.29 is 0 Å². The van der Waals surface area contributed by atoms with Crippen molar-refractivity contribution in [2.24, 2.45) is 11.7 Å². The molecule has 2 N–H and O–H groups in total. The maximum atomic E-state index is 6.06. The summed E-state index contributed by atoms with van der Waals surface area (Å²) in [7, 11) is 2.32. The van der Waals surface area contributed by atoms with Gasteiger partial charge in [-0.2, -0.15) is 0 Å². The minimum Gasteiger partial charge on any atom is -0.329 e. The smallest absolute Gasteiger partial charge is 0.0218 e. The van der Waals surface area contributed by atoms with E-state index < -0.39 is 0 Å². The Bertz CT molecular complexity index is 242. The van der Waals surface area contributed by atoms with Gasteiger partial charge in [0, 0.05) is 18.6 Å². The minimum atomic E-state index is 0.603. The van der Waals surface area contributed by atoms with Gasteiger partial charge in [-0.1, -0.05) is 71.6 Å². The summed E-state index contributed by atoms with van der Waals surface area (Å²) in [5.74, 6) is 0.854. The summed E-state index contributed by atoms with van der Waals surface area (Å²) >= 11 is 0. The standard InChI is InChI=1S/C19H40N2/c1-4-5-6-7-8-9-10-14-18(16-20)21(3)19-15-12-11-13-17(19)2/h17-19H,4-16,20H2,1-3H3. The number of likely N-dealkylation sites (N-methyl/N-ethyl adjacent to an activating group) is 1. The van der Waals surface area contributed by atoms with E-state index in [2.05, 4.69) is 25.8 Å². The average molecular weight is 297 g/mol. The molecule has 126 valence electrons. The molecular weight excluding hydrogens is 256 g/mol. The number of unbranched alkanes of at least 4 members (excludes halogenated alkanes) is 6. The zero-order valence-corrected chi connectivity index (χ0v) is 14.9. The lowest BCUT2D eigenvalue weighted by atomic mass is 9.84. The van der Waals surface area contributed by atoms with E-state index in [0.29, 0.717) is 6.04 Å². The van der Waals surface area contributed by atoms with Crippen molar-refractivity contribution in [3.05, 3.63) is 0 Å². The monoisotopic (exact) mass is 296 g/mol. The zero-order chi connectivity index (χ0) is 15.5. The average Bonchev–Trinajstić information content (AvgIpc) is 2.50. The van der Waals surface area contributed by atoms with Gasteiger partial charge >= 0.3 is 0 Å². The van der Waals surface area contributed by atoms with E-state index in [1.54, 1.807) is 0 Å². The predicted molar refractivity (Wildman–Crippen MR) is 94.6 cm³/mol. The van der Waals surface area contributed by atoms with Crippen LogP contribution in [-0.2, 0) is 0 Å². The Labute approximate surface area is 133 Å². The molecule has 2 nitrogen and oxygen atoms in total. The van der Waals surface area contributed by atoms with Crippen LogP contribution in [0.15, 0.2) is 0 Å². The molecule has 3 unspecified atom stereocenters. The second-order valence-corrected chi connectivity index (χ2v) is 7.29. The molecule has 1 saturated carbocycles. The van der Waals surface area contributed by atoms with Crippen LogP contribution in [0.2, 0.25) is 0 Å². The van der Waals surface area contributed by atoms with Gasteiger partial charge in [-0.05, 0) is 32.2 Å². The van der Waals surface area contributed by atoms with Crippen LogP contribution in [0.3, 0.4) is 0 Å². The van der Waals surface area contributed by atoms with Crippen LogP contribution < -0.4 is 5.73 Å². The first-order chi connectivity index (χ1) is 10.2. The molecule has 0 saturated heterocycles. The second-order valence-electron chi connectivity index (χ2n) is 7.29. The summed E-state index contributed by atoms with van der Waals surface area (Å²) in [6.45, 7) is 5.55. The van der Waals surface area contributed by atoms with E-state index in [4.69, 9.17) is 5.73 Å². The summed E-state index contributed by atoms with van der Waals surface area (Å²) in [5, 5.41) is 0. The molecule has 0 radical (unpaired) electrons. The van der Waals surface area contributed by atoms with Gasteiger partial charge < -0.3 is 5.73 Å². The van der Waals surface area contributed by atoms with Crippen LogP contribution in [0, 0.1) is 5.92 Å². The normalized spacial score (nSPS) is 24.4. The molecule has 1 fully saturated rings. The second kappa shape index (κ2) is 11.5. The molecule has 0 aromatic heterocycles. The molecule has 1 rings (SSSR count). The Morgan fingerprint density at radius 3 is 2.24 bits per heavy atom. The fourth-order valence-electron chi connectivity index (χ4n) is 4.00. The topological polar surface area (TPSA) is 29.3 Å². The Morgan fingerprint density at radius 2 is 1.62 bits per heavy atom. The van der Waals surface area contributed by atoms with Crippen molar-refractivity contribution in [2.45, 2.75) is 103 Å². The molecule has 2 heteroatoms. The number of hydrogen-bond acceptors (Lipinski definition) is 2. The fraction of sp³-hybridized carbons (Fsp3) is 1.00. The van der Waals surface area contributed by atoms with Gasteiger partial charge in [-0.15, -0.1) is 0 Å². The Balaban J connectivity index is 2.20. The van der Waals surface area contributed by atoms with Gasteiger partial charge in [0.25, 0.3) is 0 Å². The molecule has 0 spiro atoms. The SMILES string of the molecule is CCCCCCCCCC(CN)N(C)C1CCCCC1C. The van der Waals surface area contributed by atoms with Gasteiger partial charge in [0.15, 0.2) is 0 Å². The largest absolute Gasteiger partial charge is 0.329 e. The van der Waals surface area contributed by atoms with E-state index in [-0.39, 0.29) is 0 Å². The van der Waals surface area contributed by atoms with Crippen LogP contribution in [-0.4, -0.2) is 30.6 Å². The molecule has 0 amide bonds. The third kappa shape index (κ3) is 7.15. The number of rotatable bonds is 11. The minimum absolute atomic E-state index is 0.603. The molecule has 0 aliphatic heterocycles. The number of hydrogen-bond donors (Lipinski definition) is 1. The van der Waals surface area contributed by atoms with Gasteiger partial charge in [0.05, 0.1) is 0 Å². The first-order valence-corrected chi connectivity index (χ1v) is 9.62. The molecule has 0 heterocycles. The highest BCUT2D eigenvalue weighted by Crippen LogP contribution is 2.29. The van der Waals surface area contributed by atoms with Crippen molar-refractivity contribution in [3.8, 4) is 0 Å². The third-order valence-electron chi connectivity index (χ3n) is 5.58. The quantitative estimate of drug-likeness (QED) is 0.546. The van der Waals surface area contributed by atoms with E-state index in [0.717, 1.165) is 18.5 Å². The van der Waals surface area contributed by atoms with Gasteiger partial charge in [-0.3, -0.25) is 4.90 Å². The Hall–Kier alpha value is -0.0800. The van der Waals surface area contributed by atoms with E-state index in [9.17, 15) is 0 Å². The van der Waals surface area contributed by atoms with Crippen LogP contribution in [0.1, 0.15) is 90.9 Å². The van der Waals surface area contributed by atoms with Crippen molar-refractivity contribution in [1.82, 2.24) is 4.90 Å². The molecular formula is C19H40N2. The number of nitrogens with two attached hydrogens (primary N) is 1. The lowest BCUT2D eigenvalue weighted by molar-refractivity contribution is 0.0938. The summed E-state index contributed by atoms with van der Waals surface area (Å²) < 4.78 is 0. The van der Waals surface area contributed by atoms with E-state index in [1.807, 2.05) is 0 Å². The van der Waals surface area contributed by atoms with E-state index >= 15 is 0 Å². The highest BCUT2D eigenvalue weighted by atomic mass is 15.2. The Morgan fingerprint density at radius 1 is 1.00 bits per heavy atom. The zero-order valence-electron chi connectivity index (χ0n) is 14.9. The summed E-state index contributed by atoms with van der Waals surface area (Å²) in [6, 6.07) is 1.38. The van der Waals surface area contributed by atoms with Crippen LogP contribution >= 0.6 is 0 Å². The molecule has 21 heavy (non-hydrogen) atoms. The maximum absolute atomic E-state index is 6.06. The van der Waals surface area contributed by atoms with Crippen molar-refractivity contribution in [3.63, 3.8) is 0 Å². The van der Waals surface area contributed by atoms with Gasteiger partial charge in [0.2, 0.25) is 0 Å². The van der Waals surface area contributed by atoms with Crippen LogP contribution in [0.5, 0.6) is 0 Å². The lowest BCUT2D eigenvalue weighted by Gasteiger charge is -2.40. The summed E-state index contributed by atoms with van der Waals surface area (Å²) in [4.78, 5) is 2.63. The van der Waals surface area contributed by atoms with Crippen molar-refractivity contribution >= 4 is 0 Å². The maximum Gasteiger partial charge on any atom is 0.0218 e.